The van der Waals surface area contributed by atoms with Crippen LogP contribution in [0.5, 0.6) is 0 Å². The maximum atomic E-state index is 12.4. The molecule has 0 saturated carbocycles. The van der Waals surface area contributed by atoms with Gasteiger partial charge in [0.05, 0.1) is 12.1 Å². The van der Waals surface area contributed by atoms with Crippen LogP contribution in [0.1, 0.15) is 33.8 Å². The highest BCUT2D eigenvalue weighted by Gasteiger charge is 2.16. The summed E-state index contributed by atoms with van der Waals surface area (Å²) in [5.41, 5.74) is 1.36. The van der Waals surface area contributed by atoms with Gasteiger partial charge in [0.25, 0.3) is 5.91 Å². The van der Waals surface area contributed by atoms with Crippen LogP contribution in [0.3, 0.4) is 0 Å². The third-order valence-corrected chi connectivity index (χ3v) is 4.43. The minimum Gasteiger partial charge on any atom is -0.345 e. The second-order valence-corrected chi connectivity index (χ2v) is 6.17. The third-order valence-electron chi connectivity index (χ3n) is 3.12. The summed E-state index contributed by atoms with van der Waals surface area (Å²) in [4.78, 5) is 13.5. The maximum Gasteiger partial charge on any atom is 0.252 e. The van der Waals surface area contributed by atoms with Crippen LogP contribution in [0.2, 0.25) is 0 Å². The van der Waals surface area contributed by atoms with Gasteiger partial charge in [-0.25, -0.2) is 0 Å². The zero-order valence-corrected chi connectivity index (χ0v) is 13.1. The van der Waals surface area contributed by atoms with Crippen molar-refractivity contribution in [1.29, 1.82) is 5.26 Å². The molecule has 0 spiro atoms. The zero-order valence-electron chi connectivity index (χ0n) is 11.5. The smallest absolute Gasteiger partial charge is 0.252 e. The number of amides is 1. The van der Waals surface area contributed by atoms with E-state index in [1.54, 1.807) is 17.4 Å². The molecule has 1 aromatic heterocycles. The van der Waals surface area contributed by atoms with Crippen molar-refractivity contribution < 1.29 is 4.79 Å². The molecule has 5 heteroatoms. The predicted molar refractivity (Wildman–Crippen MR) is 85.6 cm³/mol. The van der Waals surface area contributed by atoms with Crippen LogP contribution < -0.4 is 5.32 Å². The minimum atomic E-state index is -0.631. The molecule has 2 atom stereocenters. The van der Waals surface area contributed by atoms with Gasteiger partial charge in [0, 0.05) is 16.9 Å². The first kappa shape index (κ1) is 15.6. The van der Waals surface area contributed by atoms with Crippen LogP contribution in [0, 0.1) is 11.3 Å². The lowest BCUT2D eigenvalue weighted by Crippen LogP contribution is -2.27. The molecule has 0 saturated heterocycles. The Balaban J connectivity index is 2.14. The monoisotopic (exact) mass is 318 g/mol. The molecule has 2 aromatic rings. The van der Waals surface area contributed by atoms with E-state index < -0.39 is 5.38 Å². The molecule has 0 aliphatic carbocycles. The SMILES string of the molecule is CC(NC(=O)c1ccccc1CC(Cl)C#N)c1cccs1. The Labute approximate surface area is 133 Å². The molecule has 0 bridgehead atoms. The summed E-state index contributed by atoms with van der Waals surface area (Å²) >= 11 is 7.48. The molecule has 2 rings (SSSR count). The molecule has 1 amide bonds. The molecule has 1 aromatic carbocycles. The molecule has 108 valence electrons. The maximum absolute atomic E-state index is 12.4. The summed E-state index contributed by atoms with van der Waals surface area (Å²) < 4.78 is 0. The van der Waals surface area contributed by atoms with Crippen molar-refractivity contribution in [3.8, 4) is 6.07 Å². The van der Waals surface area contributed by atoms with Gasteiger partial charge in [-0.3, -0.25) is 4.79 Å². The molecule has 0 radical (unpaired) electrons. The van der Waals surface area contributed by atoms with Crippen molar-refractivity contribution in [3.05, 3.63) is 57.8 Å². The number of alkyl halides is 1. The fourth-order valence-electron chi connectivity index (χ4n) is 2.04. The molecular formula is C16H15ClN2OS. The first-order valence-electron chi connectivity index (χ1n) is 6.57. The van der Waals surface area contributed by atoms with Crippen molar-refractivity contribution in [2.24, 2.45) is 0 Å². The predicted octanol–water partition coefficient (Wildman–Crippen LogP) is 3.91. The van der Waals surface area contributed by atoms with Gasteiger partial charge in [0.1, 0.15) is 5.38 Å². The number of hydrogen-bond acceptors (Lipinski definition) is 3. The van der Waals surface area contributed by atoms with E-state index in [4.69, 9.17) is 16.9 Å². The summed E-state index contributed by atoms with van der Waals surface area (Å²) in [5.74, 6) is -0.145. The average Bonchev–Trinajstić information content (AvgIpc) is 3.01. The van der Waals surface area contributed by atoms with E-state index in [1.165, 1.54) is 0 Å². The molecule has 3 nitrogen and oxygen atoms in total. The Bertz CT molecular complexity index is 649. The van der Waals surface area contributed by atoms with Crippen LogP contribution in [-0.4, -0.2) is 11.3 Å². The van der Waals surface area contributed by atoms with Crippen molar-refractivity contribution in [3.63, 3.8) is 0 Å². The van der Waals surface area contributed by atoms with E-state index in [1.807, 2.05) is 48.7 Å². The number of thiophene rings is 1. The highest BCUT2D eigenvalue weighted by molar-refractivity contribution is 7.10. The lowest BCUT2D eigenvalue weighted by Gasteiger charge is -2.14. The lowest BCUT2D eigenvalue weighted by atomic mass is 10.0. The van der Waals surface area contributed by atoms with Crippen molar-refractivity contribution in [2.45, 2.75) is 24.8 Å². The van der Waals surface area contributed by atoms with E-state index in [0.717, 1.165) is 10.4 Å². The Morgan fingerprint density at radius 2 is 2.14 bits per heavy atom. The highest BCUT2D eigenvalue weighted by atomic mass is 35.5. The molecule has 0 fully saturated rings. The van der Waals surface area contributed by atoms with E-state index in [2.05, 4.69) is 5.32 Å². The summed E-state index contributed by atoms with van der Waals surface area (Å²) in [6, 6.07) is 13.1. The number of nitrogens with one attached hydrogen (secondary N) is 1. The van der Waals surface area contributed by atoms with Crippen LogP contribution in [0.25, 0.3) is 0 Å². The van der Waals surface area contributed by atoms with Crippen LogP contribution in [-0.2, 0) is 6.42 Å². The molecular weight excluding hydrogens is 304 g/mol. The Morgan fingerprint density at radius 1 is 1.38 bits per heavy atom. The van der Waals surface area contributed by atoms with E-state index >= 15 is 0 Å². The second-order valence-electron chi connectivity index (χ2n) is 4.67. The number of hydrogen-bond donors (Lipinski definition) is 1. The standard InChI is InChI=1S/C16H15ClN2OS/c1-11(15-7-4-8-21-15)19-16(20)14-6-3-2-5-12(14)9-13(17)10-18/h2-8,11,13H,9H2,1H3,(H,19,20). The van der Waals surface area contributed by atoms with Gasteiger partial charge in [0.15, 0.2) is 0 Å². The topological polar surface area (TPSA) is 52.9 Å². The Morgan fingerprint density at radius 3 is 2.81 bits per heavy atom. The number of nitriles is 1. The Kier molecular flexibility index (Phi) is 5.38. The first-order valence-corrected chi connectivity index (χ1v) is 7.89. The normalized spacial score (nSPS) is 13.2. The minimum absolute atomic E-state index is 0.0479. The molecule has 0 aliphatic rings. The lowest BCUT2D eigenvalue weighted by molar-refractivity contribution is 0.0939. The molecule has 2 unspecified atom stereocenters. The number of carbonyl (C=O) groups is 1. The van der Waals surface area contributed by atoms with Crippen molar-refractivity contribution in [2.75, 3.05) is 0 Å². The Hall–Kier alpha value is -1.83. The number of carbonyl (C=O) groups excluding carboxylic acids is 1. The van der Waals surface area contributed by atoms with Gasteiger partial charge in [0.2, 0.25) is 0 Å². The van der Waals surface area contributed by atoms with Crippen LogP contribution in [0.15, 0.2) is 41.8 Å². The fourth-order valence-corrected chi connectivity index (χ4v) is 2.94. The molecule has 1 N–H and O–H groups in total. The van der Waals surface area contributed by atoms with Crippen LogP contribution >= 0.6 is 22.9 Å². The molecule has 0 aliphatic heterocycles. The third kappa shape index (κ3) is 4.07. The van der Waals surface area contributed by atoms with E-state index in [9.17, 15) is 4.79 Å². The van der Waals surface area contributed by atoms with E-state index in [0.29, 0.717) is 12.0 Å². The second kappa shape index (κ2) is 7.26. The number of halogens is 1. The van der Waals surface area contributed by atoms with Gasteiger partial charge >= 0.3 is 0 Å². The largest absolute Gasteiger partial charge is 0.345 e. The quantitative estimate of drug-likeness (QED) is 0.850. The van der Waals surface area contributed by atoms with E-state index in [-0.39, 0.29) is 11.9 Å². The van der Waals surface area contributed by atoms with Gasteiger partial charge in [-0.05, 0) is 30.0 Å². The van der Waals surface area contributed by atoms with Gasteiger partial charge in [-0.15, -0.1) is 22.9 Å². The summed E-state index contributed by atoms with van der Waals surface area (Å²) in [5, 5.41) is 13.1. The highest BCUT2D eigenvalue weighted by Crippen LogP contribution is 2.20. The number of rotatable bonds is 5. The summed E-state index contributed by atoms with van der Waals surface area (Å²) in [7, 11) is 0. The number of nitrogens with zero attached hydrogens (tertiary/aromatic N) is 1. The van der Waals surface area contributed by atoms with Crippen molar-refractivity contribution in [1.82, 2.24) is 5.32 Å². The summed E-state index contributed by atoms with van der Waals surface area (Å²) in [6.07, 6.45) is 0.356. The van der Waals surface area contributed by atoms with Crippen molar-refractivity contribution >= 4 is 28.8 Å². The van der Waals surface area contributed by atoms with Crippen LogP contribution in [0.4, 0.5) is 0 Å². The van der Waals surface area contributed by atoms with Gasteiger partial charge < -0.3 is 5.32 Å². The molecule has 1 heterocycles. The average molecular weight is 319 g/mol. The molecule has 21 heavy (non-hydrogen) atoms. The van der Waals surface area contributed by atoms with Gasteiger partial charge in [-0.2, -0.15) is 5.26 Å². The zero-order chi connectivity index (χ0) is 15.2. The number of benzene rings is 1. The first-order chi connectivity index (χ1) is 10.1. The summed E-state index contributed by atoms with van der Waals surface area (Å²) in [6.45, 7) is 1.95. The fraction of sp³-hybridized carbons (Fsp3) is 0.250. The van der Waals surface area contributed by atoms with Gasteiger partial charge in [-0.1, -0.05) is 24.3 Å².